The molecular formula is C26H32Cl2F6N8O. The van der Waals surface area contributed by atoms with Crippen molar-refractivity contribution in [3.8, 4) is 0 Å². The van der Waals surface area contributed by atoms with Crippen LogP contribution in [0.3, 0.4) is 0 Å². The number of carbonyl (C=O) groups is 1. The molecule has 0 spiro atoms. The van der Waals surface area contributed by atoms with E-state index >= 15 is 0 Å². The van der Waals surface area contributed by atoms with E-state index in [0.29, 0.717) is 50.2 Å². The molecule has 0 aromatic heterocycles. The van der Waals surface area contributed by atoms with Crippen molar-refractivity contribution in [2.45, 2.75) is 68.6 Å². The summed E-state index contributed by atoms with van der Waals surface area (Å²) in [5, 5.41) is 5.26. The summed E-state index contributed by atoms with van der Waals surface area (Å²) in [6.45, 7) is 3.32. The van der Waals surface area contributed by atoms with Crippen LogP contribution in [0.4, 0.5) is 31.1 Å². The molecular weight excluding hydrogens is 625 g/mol. The van der Waals surface area contributed by atoms with Gasteiger partial charge in [-0.3, -0.25) is 9.80 Å². The lowest BCUT2D eigenvalue weighted by Gasteiger charge is -2.39. The molecule has 0 aromatic rings. The summed E-state index contributed by atoms with van der Waals surface area (Å²) in [6, 6.07) is -0.636. The number of aliphatic imine (C=N–C) groups is 3. The highest BCUT2D eigenvalue weighted by Crippen LogP contribution is 2.44. The minimum atomic E-state index is -4.87. The van der Waals surface area contributed by atoms with Crippen LogP contribution in [0.25, 0.3) is 0 Å². The van der Waals surface area contributed by atoms with Gasteiger partial charge in [-0.2, -0.15) is 26.3 Å². The fourth-order valence-electron chi connectivity index (χ4n) is 6.42. The smallest absolute Gasteiger partial charge is 0.338 e. The molecule has 2 fully saturated rings. The second-order valence-electron chi connectivity index (χ2n) is 11.3. The van der Waals surface area contributed by atoms with E-state index in [0.717, 1.165) is 0 Å². The molecule has 2 N–H and O–H groups in total. The van der Waals surface area contributed by atoms with E-state index in [9.17, 15) is 31.1 Å². The average Bonchev–Trinajstić information content (AvgIpc) is 3.58. The lowest BCUT2D eigenvalue weighted by atomic mass is 9.81. The quantitative estimate of drug-likeness (QED) is 0.189. The summed E-state index contributed by atoms with van der Waals surface area (Å²) < 4.78 is 82.5. The summed E-state index contributed by atoms with van der Waals surface area (Å²) in [4.78, 5) is 30.5. The molecule has 0 saturated carbocycles. The Kier molecular flexibility index (Phi) is 9.25. The number of nitrogens with zero attached hydrogens (tertiary/aromatic N) is 6. The van der Waals surface area contributed by atoms with Crippen LogP contribution in [0.5, 0.6) is 0 Å². The highest BCUT2D eigenvalue weighted by Gasteiger charge is 2.48. The summed E-state index contributed by atoms with van der Waals surface area (Å²) in [5.74, 6) is -2.83. The molecule has 0 bridgehead atoms. The van der Waals surface area contributed by atoms with Gasteiger partial charge in [0.2, 0.25) is 5.29 Å². The number of amides is 2. The Morgan fingerprint density at radius 3 is 2.56 bits per heavy atom. The van der Waals surface area contributed by atoms with E-state index in [-0.39, 0.29) is 36.5 Å². The summed E-state index contributed by atoms with van der Waals surface area (Å²) in [7, 11) is 0. The van der Waals surface area contributed by atoms with E-state index in [2.05, 4.69) is 30.5 Å². The van der Waals surface area contributed by atoms with Crippen molar-refractivity contribution in [1.29, 1.82) is 0 Å². The molecule has 4 aliphatic heterocycles. The molecule has 238 valence electrons. The van der Waals surface area contributed by atoms with Crippen molar-refractivity contribution in [2.24, 2.45) is 26.8 Å². The van der Waals surface area contributed by atoms with E-state index < -0.39 is 54.1 Å². The number of hydrogen-bond donors (Lipinski definition) is 2. The Bertz CT molecular complexity index is 1230. The molecule has 1 aliphatic carbocycles. The molecule has 5 aliphatic rings. The molecule has 6 atom stereocenters. The zero-order chi connectivity index (χ0) is 31.1. The molecule has 2 amide bonds. The van der Waals surface area contributed by atoms with Gasteiger partial charge in [-0.25, -0.2) is 19.8 Å². The van der Waals surface area contributed by atoms with Crippen LogP contribution in [0.15, 0.2) is 38.5 Å². The number of urea groups is 1. The number of halogens is 8. The zero-order valence-electron chi connectivity index (χ0n) is 23.2. The first-order valence-corrected chi connectivity index (χ1v) is 14.9. The van der Waals surface area contributed by atoms with Gasteiger partial charge in [0.25, 0.3) is 0 Å². The predicted molar refractivity (Wildman–Crippen MR) is 151 cm³/mol. The van der Waals surface area contributed by atoms with Crippen LogP contribution >= 0.6 is 23.2 Å². The average molecular weight is 657 g/mol. The van der Waals surface area contributed by atoms with E-state index in [1.165, 1.54) is 11.1 Å². The highest BCUT2D eigenvalue weighted by atomic mass is 35.5. The number of nitrogens with one attached hydrogen (secondary N) is 2. The Morgan fingerprint density at radius 1 is 1.19 bits per heavy atom. The largest absolute Gasteiger partial charge is 0.412 e. The summed E-state index contributed by atoms with van der Waals surface area (Å²) in [5.41, 5.74) is -0.563. The Hall–Kier alpha value is -2.52. The van der Waals surface area contributed by atoms with Crippen molar-refractivity contribution in [3.05, 3.63) is 23.5 Å². The van der Waals surface area contributed by atoms with E-state index in [1.54, 1.807) is 11.1 Å². The number of alkyl halides is 7. The Labute approximate surface area is 254 Å². The van der Waals surface area contributed by atoms with E-state index in [1.807, 2.05) is 6.92 Å². The van der Waals surface area contributed by atoms with Crippen molar-refractivity contribution in [1.82, 2.24) is 25.3 Å². The molecule has 2 saturated heterocycles. The number of hydrogen-bond acceptors (Lipinski definition) is 7. The lowest BCUT2D eigenvalue weighted by Crippen LogP contribution is -2.52. The first-order chi connectivity index (χ1) is 20.2. The normalized spacial score (nSPS) is 32.1. The van der Waals surface area contributed by atoms with Gasteiger partial charge in [0.15, 0.2) is 5.96 Å². The van der Waals surface area contributed by atoms with Crippen LogP contribution in [0.2, 0.25) is 0 Å². The molecule has 5 rings (SSSR count). The molecule has 6 unspecified atom stereocenters. The predicted octanol–water partition coefficient (Wildman–Crippen LogP) is 4.66. The van der Waals surface area contributed by atoms with Crippen LogP contribution < -0.4 is 10.6 Å². The topological polar surface area (TPSA) is 87.9 Å². The van der Waals surface area contributed by atoms with E-state index in [4.69, 9.17) is 23.2 Å². The number of rotatable bonds is 6. The minimum Gasteiger partial charge on any atom is -0.338 e. The minimum absolute atomic E-state index is 0.0398. The third kappa shape index (κ3) is 7.08. The van der Waals surface area contributed by atoms with Crippen LogP contribution in [0, 0.1) is 11.8 Å². The van der Waals surface area contributed by atoms with Gasteiger partial charge in [-0.1, -0.05) is 13.0 Å². The lowest BCUT2D eigenvalue weighted by molar-refractivity contribution is -0.170. The number of guanidine groups is 1. The van der Waals surface area contributed by atoms with Gasteiger partial charge >= 0.3 is 18.4 Å². The van der Waals surface area contributed by atoms with Gasteiger partial charge in [0, 0.05) is 56.3 Å². The monoisotopic (exact) mass is 656 g/mol. The maximum atomic E-state index is 13.8. The molecule has 0 radical (unpaired) electrons. The molecule has 4 heterocycles. The number of carbonyl (C=O) groups excluding carboxylic acids is 1. The van der Waals surface area contributed by atoms with Gasteiger partial charge in [-0.05, 0) is 43.2 Å². The first kappa shape index (κ1) is 31.9. The molecule has 43 heavy (non-hydrogen) atoms. The first-order valence-electron chi connectivity index (χ1n) is 14.1. The van der Waals surface area contributed by atoms with Gasteiger partial charge in [-0.15, -0.1) is 11.6 Å². The second-order valence-corrected chi connectivity index (χ2v) is 12.1. The number of likely N-dealkylation sites (tertiary alicyclic amines) is 1. The maximum absolute atomic E-state index is 13.8. The van der Waals surface area contributed by atoms with Gasteiger partial charge in [0.1, 0.15) is 11.5 Å². The van der Waals surface area contributed by atoms with Crippen LogP contribution in [-0.2, 0) is 0 Å². The van der Waals surface area contributed by atoms with Crippen molar-refractivity contribution >= 4 is 46.7 Å². The standard InChI is InChI=1S/C26H32Cl2F6N8O/c1-2-17-8-18(13-41(17)21-20(27)11-36-22(28)39-21)42(23-37-9-19(10-38-23)40-4-3-35-24(40)43)12-14-5-15(25(29,30)31)7-16(6-14)26(32,33)34/h7,9,11,14-15,17-18,20-21H,2-6,8,10,12-13H2,1H3,(H,35,43)(H,37,38). The fraction of sp³-hybridized carbons (Fsp3) is 0.692. The molecule has 9 nitrogen and oxygen atoms in total. The summed E-state index contributed by atoms with van der Waals surface area (Å²) in [6.07, 6.45) is -6.54. The van der Waals surface area contributed by atoms with Gasteiger partial charge < -0.3 is 15.5 Å². The Morgan fingerprint density at radius 2 is 1.95 bits per heavy atom. The van der Waals surface area contributed by atoms with Crippen LogP contribution in [-0.4, -0.2) is 107 Å². The fourth-order valence-corrected chi connectivity index (χ4v) is 6.84. The Balaban J connectivity index is 1.42. The highest BCUT2D eigenvalue weighted by molar-refractivity contribution is 6.65. The molecule has 0 aromatic carbocycles. The third-order valence-corrected chi connectivity index (χ3v) is 9.04. The molecule has 17 heteroatoms. The van der Waals surface area contributed by atoms with Gasteiger partial charge in [0.05, 0.1) is 18.2 Å². The number of amidine groups is 1. The van der Waals surface area contributed by atoms with Crippen molar-refractivity contribution < 1.29 is 31.1 Å². The van der Waals surface area contributed by atoms with Crippen LogP contribution in [0.1, 0.15) is 32.6 Å². The summed E-state index contributed by atoms with van der Waals surface area (Å²) >= 11 is 12.6. The third-order valence-electron chi connectivity index (χ3n) is 8.51. The SMILES string of the molecule is CCC1CC(N(CC2CC(C(F)(F)F)=CC(C(F)(F)F)C2)C2=NCC(N3CCNC3=O)=CN2)CN1C1N=C(Cl)N=CC1Cl. The number of allylic oxidation sites excluding steroid dienone is 2. The van der Waals surface area contributed by atoms with Crippen molar-refractivity contribution in [3.63, 3.8) is 0 Å². The van der Waals surface area contributed by atoms with Crippen molar-refractivity contribution in [2.75, 3.05) is 32.7 Å². The maximum Gasteiger partial charge on any atom is 0.412 e. The second kappa shape index (κ2) is 12.5. The zero-order valence-corrected chi connectivity index (χ0v) is 24.7.